The van der Waals surface area contributed by atoms with E-state index in [4.69, 9.17) is 10.5 Å². The maximum Gasteiger partial charge on any atom is 0.318 e. The second-order valence-corrected chi connectivity index (χ2v) is 4.15. The molecule has 0 aromatic carbocycles. The van der Waals surface area contributed by atoms with Gasteiger partial charge in [-0.05, 0) is 39.3 Å². The molecular weight excluding hydrogens is 210 g/mol. The van der Waals surface area contributed by atoms with Crippen LogP contribution in [0.1, 0.15) is 19.8 Å². The van der Waals surface area contributed by atoms with Gasteiger partial charge in [-0.25, -0.2) is 4.79 Å². The van der Waals surface area contributed by atoms with Gasteiger partial charge in [-0.3, -0.25) is 10.1 Å². The van der Waals surface area contributed by atoms with E-state index in [1.165, 1.54) is 0 Å². The quantitative estimate of drug-likeness (QED) is 0.597. The Morgan fingerprint density at radius 1 is 1.50 bits per heavy atom. The van der Waals surface area contributed by atoms with Crippen molar-refractivity contribution in [2.24, 2.45) is 11.7 Å². The Kier molecular flexibility index (Phi) is 4.70. The molecule has 0 aromatic heterocycles. The molecule has 0 aromatic rings. The Hall–Kier alpha value is -1.14. The molecule has 1 rings (SSSR count). The molecule has 0 aliphatic heterocycles. The van der Waals surface area contributed by atoms with Crippen molar-refractivity contribution in [2.75, 3.05) is 13.6 Å². The van der Waals surface area contributed by atoms with Crippen LogP contribution in [-0.2, 0) is 9.53 Å². The minimum Gasteiger partial charge on any atom is -0.365 e. The summed E-state index contributed by atoms with van der Waals surface area (Å²) >= 11 is 0. The SMILES string of the molecule is CNCC1CC(OC(C)C(=O)NC(N)=O)C1. The average Bonchev–Trinajstić information content (AvgIpc) is 2.13. The number of amides is 3. The first-order chi connectivity index (χ1) is 7.52. The van der Waals surface area contributed by atoms with Crippen LogP contribution in [0.25, 0.3) is 0 Å². The van der Waals surface area contributed by atoms with Crippen LogP contribution in [0.15, 0.2) is 0 Å². The summed E-state index contributed by atoms with van der Waals surface area (Å²) in [6.45, 7) is 2.59. The van der Waals surface area contributed by atoms with Crippen molar-refractivity contribution in [3.8, 4) is 0 Å². The lowest BCUT2D eigenvalue weighted by Gasteiger charge is -2.36. The molecule has 3 amide bonds. The second kappa shape index (κ2) is 5.81. The molecule has 1 aliphatic carbocycles. The van der Waals surface area contributed by atoms with E-state index in [1.807, 2.05) is 12.4 Å². The summed E-state index contributed by atoms with van der Waals surface area (Å²) in [5.74, 6) is 0.144. The zero-order valence-corrected chi connectivity index (χ0v) is 9.66. The largest absolute Gasteiger partial charge is 0.365 e. The Morgan fingerprint density at radius 2 is 2.12 bits per heavy atom. The van der Waals surface area contributed by atoms with Crippen molar-refractivity contribution in [3.63, 3.8) is 0 Å². The van der Waals surface area contributed by atoms with E-state index >= 15 is 0 Å². The van der Waals surface area contributed by atoms with Gasteiger partial charge in [0.05, 0.1) is 6.10 Å². The van der Waals surface area contributed by atoms with Crippen molar-refractivity contribution in [3.05, 3.63) is 0 Å². The molecular formula is C10H19N3O3. The monoisotopic (exact) mass is 229 g/mol. The number of carbonyl (C=O) groups is 2. The maximum absolute atomic E-state index is 11.3. The Bertz CT molecular complexity index is 264. The summed E-state index contributed by atoms with van der Waals surface area (Å²) < 4.78 is 5.48. The van der Waals surface area contributed by atoms with Crippen LogP contribution in [0.2, 0.25) is 0 Å². The van der Waals surface area contributed by atoms with Gasteiger partial charge in [0, 0.05) is 0 Å². The summed E-state index contributed by atoms with van der Waals surface area (Å²) in [6.07, 6.45) is 1.39. The minimum absolute atomic E-state index is 0.118. The number of ether oxygens (including phenoxy) is 1. The van der Waals surface area contributed by atoms with Gasteiger partial charge in [0.25, 0.3) is 5.91 Å². The molecule has 0 saturated heterocycles. The number of hydrogen-bond donors (Lipinski definition) is 3. The molecule has 1 atom stereocenters. The van der Waals surface area contributed by atoms with E-state index in [1.54, 1.807) is 6.92 Å². The fourth-order valence-electron chi connectivity index (χ4n) is 1.81. The van der Waals surface area contributed by atoms with Gasteiger partial charge in [-0.2, -0.15) is 0 Å². The molecule has 0 radical (unpaired) electrons. The van der Waals surface area contributed by atoms with Crippen molar-refractivity contribution < 1.29 is 14.3 Å². The molecule has 1 aliphatic rings. The summed E-state index contributed by atoms with van der Waals surface area (Å²) in [5.41, 5.74) is 4.84. The smallest absolute Gasteiger partial charge is 0.318 e. The summed E-state index contributed by atoms with van der Waals surface area (Å²) in [6, 6.07) is -0.845. The molecule has 6 heteroatoms. The lowest BCUT2D eigenvalue weighted by molar-refractivity contribution is -0.140. The predicted octanol–water partition coefficient (Wildman–Crippen LogP) is -0.416. The van der Waals surface area contributed by atoms with Gasteiger partial charge in [0.15, 0.2) is 0 Å². The molecule has 0 heterocycles. The molecule has 6 nitrogen and oxygen atoms in total. The lowest BCUT2D eigenvalue weighted by Crippen LogP contribution is -2.45. The topological polar surface area (TPSA) is 93.4 Å². The molecule has 0 spiro atoms. The van der Waals surface area contributed by atoms with Crippen LogP contribution in [0.4, 0.5) is 4.79 Å². The number of primary amides is 1. The first-order valence-corrected chi connectivity index (χ1v) is 5.43. The molecule has 4 N–H and O–H groups in total. The van der Waals surface area contributed by atoms with Gasteiger partial charge in [0.2, 0.25) is 0 Å². The lowest BCUT2D eigenvalue weighted by atomic mass is 9.82. The summed E-state index contributed by atoms with van der Waals surface area (Å²) in [5, 5.41) is 5.09. The van der Waals surface area contributed by atoms with E-state index in [0.29, 0.717) is 5.92 Å². The van der Waals surface area contributed by atoms with Crippen LogP contribution < -0.4 is 16.4 Å². The number of hydrogen-bond acceptors (Lipinski definition) is 4. The van der Waals surface area contributed by atoms with Crippen LogP contribution in [-0.4, -0.2) is 37.7 Å². The van der Waals surface area contributed by atoms with Crippen molar-refractivity contribution in [2.45, 2.75) is 32.0 Å². The molecule has 1 fully saturated rings. The molecule has 92 valence electrons. The summed E-state index contributed by atoms with van der Waals surface area (Å²) in [4.78, 5) is 21.7. The maximum atomic E-state index is 11.3. The van der Waals surface area contributed by atoms with E-state index in [-0.39, 0.29) is 6.10 Å². The summed E-state index contributed by atoms with van der Waals surface area (Å²) in [7, 11) is 1.91. The van der Waals surface area contributed by atoms with E-state index in [2.05, 4.69) is 5.32 Å². The fraction of sp³-hybridized carbons (Fsp3) is 0.800. The van der Waals surface area contributed by atoms with Gasteiger partial charge in [0.1, 0.15) is 6.10 Å². The highest BCUT2D eigenvalue weighted by Gasteiger charge is 2.31. The second-order valence-electron chi connectivity index (χ2n) is 4.15. The van der Waals surface area contributed by atoms with Crippen molar-refractivity contribution in [1.29, 1.82) is 0 Å². The Balaban J connectivity index is 2.18. The third kappa shape index (κ3) is 3.79. The highest BCUT2D eigenvalue weighted by Crippen LogP contribution is 2.30. The van der Waals surface area contributed by atoms with Crippen LogP contribution in [0.3, 0.4) is 0 Å². The van der Waals surface area contributed by atoms with Gasteiger partial charge in [-0.15, -0.1) is 0 Å². The first-order valence-electron chi connectivity index (χ1n) is 5.43. The van der Waals surface area contributed by atoms with E-state index in [0.717, 1.165) is 19.4 Å². The zero-order valence-electron chi connectivity index (χ0n) is 9.66. The number of imide groups is 1. The van der Waals surface area contributed by atoms with Gasteiger partial charge < -0.3 is 15.8 Å². The highest BCUT2D eigenvalue weighted by molar-refractivity contribution is 5.95. The zero-order chi connectivity index (χ0) is 12.1. The third-order valence-electron chi connectivity index (χ3n) is 2.70. The number of nitrogens with two attached hydrogens (primary N) is 1. The van der Waals surface area contributed by atoms with Crippen LogP contribution in [0.5, 0.6) is 0 Å². The number of nitrogens with one attached hydrogen (secondary N) is 2. The number of urea groups is 1. The fourth-order valence-corrected chi connectivity index (χ4v) is 1.81. The van der Waals surface area contributed by atoms with E-state index < -0.39 is 18.0 Å². The molecule has 1 saturated carbocycles. The number of rotatable bonds is 5. The van der Waals surface area contributed by atoms with Crippen LogP contribution in [0, 0.1) is 5.92 Å². The number of carbonyl (C=O) groups excluding carboxylic acids is 2. The van der Waals surface area contributed by atoms with Crippen LogP contribution >= 0.6 is 0 Å². The average molecular weight is 229 g/mol. The third-order valence-corrected chi connectivity index (χ3v) is 2.70. The molecule has 1 unspecified atom stereocenters. The first kappa shape index (κ1) is 12.9. The van der Waals surface area contributed by atoms with Crippen molar-refractivity contribution in [1.82, 2.24) is 10.6 Å². The van der Waals surface area contributed by atoms with Gasteiger partial charge >= 0.3 is 6.03 Å². The molecule has 16 heavy (non-hydrogen) atoms. The van der Waals surface area contributed by atoms with Gasteiger partial charge in [-0.1, -0.05) is 0 Å². The standard InChI is InChI=1S/C10H19N3O3/c1-6(9(14)13-10(11)15)16-8-3-7(4-8)5-12-2/h6-8,12H,3-5H2,1-2H3,(H3,11,13,14,15). The normalized spacial score (nSPS) is 25.6. The highest BCUT2D eigenvalue weighted by atomic mass is 16.5. The Labute approximate surface area is 94.9 Å². The van der Waals surface area contributed by atoms with E-state index in [9.17, 15) is 9.59 Å². The Morgan fingerprint density at radius 3 is 2.62 bits per heavy atom. The molecule has 0 bridgehead atoms. The minimum atomic E-state index is -0.845. The van der Waals surface area contributed by atoms with Crippen molar-refractivity contribution >= 4 is 11.9 Å². The predicted molar refractivity (Wildman–Crippen MR) is 58.7 cm³/mol.